The molecule has 0 aliphatic heterocycles. The Morgan fingerprint density at radius 3 is 2.67 bits per heavy atom. The van der Waals surface area contributed by atoms with Gasteiger partial charge in [0.2, 0.25) is 5.89 Å². The SMILES string of the molecule is CS(=O)(=O)c1ccc2oc(-c3cc(I)ccc3N)nc2c1. The van der Waals surface area contributed by atoms with Crippen LogP contribution >= 0.6 is 22.6 Å². The van der Waals surface area contributed by atoms with Gasteiger partial charge in [-0.15, -0.1) is 0 Å². The van der Waals surface area contributed by atoms with Gasteiger partial charge in [0.15, 0.2) is 15.4 Å². The third-order valence-corrected chi connectivity index (χ3v) is 4.81. The minimum absolute atomic E-state index is 0.213. The minimum Gasteiger partial charge on any atom is -0.436 e. The van der Waals surface area contributed by atoms with E-state index in [4.69, 9.17) is 10.2 Å². The highest BCUT2D eigenvalue weighted by Gasteiger charge is 2.14. The van der Waals surface area contributed by atoms with Crippen molar-refractivity contribution in [2.45, 2.75) is 4.90 Å². The van der Waals surface area contributed by atoms with E-state index in [0.29, 0.717) is 28.2 Å². The summed E-state index contributed by atoms with van der Waals surface area (Å²) in [4.78, 5) is 4.56. The van der Waals surface area contributed by atoms with Crippen LogP contribution in [-0.2, 0) is 9.84 Å². The molecule has 1 aromatic heterocycles. The number of fused-ring (bicyclic) bond motifs is 1. The topological polar surface area (TPSA) is 86.2 Å². The Labute approximate surface area is 135 Å². The lowest BCUT2D eigenvalue weighted by atomic mass is 10.2. The van der Waals surface area contributed by atoms with Gasteiger partial charge in [0.25, 0.3) is 0 Å². The van der Waals surface area contributed by atoms with Crippen LogP contribution in [0.15, 0.2) is 45.7 Å². The molecule has 0 radical (unpaired) electrons. The second-order valence-electron chi connectivity index (χ2n) is 4.65. The number of halogens is 1. The van der Waals surface area contributed by atoms with Gasteiger partial charge < -0.3 is 10.2 Å². The highest BCUT2D eigenvalue weighted by atomic mass is 127. The summed E-state index contributed by atoms with van der Waals surface area (Å²) in [5, 5.41) is 0. The van der Waals surface area contributed by atoms with E-state index in [2.05, 4.69) is 27.6 Å². The third-order valence-electron chi connectivity index (χ3n) is 3.03. The van der Waals surface area contributed by atoms with Gasteiger partial charge in [-0.2, -0.15) is 0 Å². The molecular formula is C14H11IN2O3S. The average Bonchev–Trinajstić information content (AvgIpc) is 2.83. The Kier molecular flexibility index (Phi) is 3.40. The van der Waals surface area contributed by atoms with Crippen LogP contribution in [0, 0.1) is 3.57 Å². The summed E-state index contributed by atoms with van der Waals surface area (Å²) < 4.78 is 29.8. The number of anilines is 1. The molecule has 0 saturated heterocycles. The van der Waals surface area contributed by atoms with Gasteiger partial charge in [0.05, 0.1) is 10.5 Å². The predicted octanol–water partition coefficient (Wildman–Crippen LogP) is 3.09. The number of nitrogens with zero attached hydrogens (tertiary/aromatic N) is 1. The zero-order valence-corrected chi connectivity index (χ0v) is 14.0. The number of hydrogen-bond donors (Lipinski definition) is 1. The Bertz CT molecular complexity index is 948. The summed E-state index contributed by atoms with van der Waals surface area (Å²) in [5.41, 5.74) is 8.21. The van der Waals surface area contributed by atoms with Crippen molar-refractivity contribution in [3.05, 3.63) is 40.0 Å². The van der Waals surface area contributed by atoms with Crippen LogP contribution < -0.4 is 5.73 Å². The van der Waals surface area contributed by atoms with Crippen LogP contribution in [0.2, 0.25) is 0 Å². The van der Waals surface area contributed by atoms with Crippen molar-refractivity contribution >= 4 is 49.2 Å². The molecule has 0 unspecified atom stereocenters. The van der Waals surface area contributed by atoms with Gasteiger partial charge in [-0.3, -0.25) is 0 Å². The number of nitrogen functional groups attached to an aromatic ring is 1. The quantitative estimate of drug-likeness (QED) is 0.515. The van der Waals surface area contributed by atoms with Crippen LogP contribution in [0.1, 0.15) is 0 Å². The number of benzene rings is 2. The molecular weight excluding hydrogens is 403 g/mol. The molecule has 0 aliphatic rings. The predicted molar refractivity (Wildman–Crippen MR) is 89.7 cm³/mol. The zero-order chi connectivity index (χ0) is 15.2. The fourth-order valence-electron chi connectivity index (χ4n) is 1.97. The number of nitrogens with two attached hydrogens (primary N) is 1. The van der Waals surface area contributed by atoms with Gasteiger partial charge in [-0.05, 0) is 59.0 Å². The summed E-state index contributed by atoms with van der Waals surface area (Å²) in [5.74, 6) is 0.381. The van der Waals surface area contributed by atoms with Crippen molar-refractivity contribution < 1.29 is 12.8 Å². The van der Waals surface area contributed by atoms with Gasteiger partial charge in [0.1, 0.15) is 5.52 Å². The molecule has 2 N–H and O–H groups in total. The van der Waals surface area contributed by atoms with Crippen LogP contribution in [0.25, 0.3) is 22.6 Å². The summed E-state index contributed by atoms with van der Waals surface area (Å²) in [6, 6.07) is 10.2. The summed E-state index contributed by atoms with van der Waals surface area (Å²) in [7, 11) is -3.27. The maximum atomic E-state index is 11.6. The van der Waals surface area contributed by atoms with Gasteiger partial charge in [-0.1, -0.05) is 0 Å². The van der Waals surface area contributed by atoms with Crippen molar-refractivity contribution in [2.75, 3.05) is 12.0 Å². The maximum Gasteiger partial charge on any atom is 0.229 e. The molecule has 5 nitrogen and oxygen atoms in total. The lowest BCUT2D eigenvalue weighted by molar-refractivity contribution is 0.602. The first-order chi connectivity index (χ1) is 9.84. The number of sulfone groups is 1. The standard InChI is InChI=1S/C14H11IN2O3S/c1-21(18,19)9-3-5-13-12(7-9)17-14(20-13)10-6-8(15)2-4-11(10)16/h2-7H,16H2,1H3. The van der Waals surface area contributed by atoms with Crippen LogP contribution in [0.5, 0.6) is 0 Å². The number of oxazole rings is 1. The van der Waals surface area contributed by atoms with Crippen LogP contribution in [0.3, 0.4) is 0 Å². The molecule has 3 rings (SSSR count). The van der Waals surface area contributed by atoms with E-state index in [1.165, 1.54) is 12.1 Å². The smallest absolute Gasteiger partial charge is 0.229 e. The lowest BCUT2D eigenvalue weighted by Crippen LogP contribution is -1.96. The van der Waals surface area contributed by atoms with Crippen LogP contribution in [0.4, 0.5) is 5.69 Å². The molecule has 1 heterocycles. The molecule has 0 fully saturated rings. The zero-order valence-electron chi connectivity index (χ0n) is 11.0. The Hall–Kier alpha value is -1.61. The monoisotopic (exact) mass is 414 g/mol. The first-order valence-corrected chi connectivity index (χ1v) is 8.98. The van der Waals surface area contributed by atoms with E-state index < -0.39 is 9.84 Å². The number of rotatable bonds is 2. The highest BCUT2D eigenvalue weighted by Crippen LogP contribution is 2.30. The van der Waals surface area contributed by atoms with Gasteiger partial charge >= 0.3 is 0 Å². The Balaban J connectivity index is 2.20. The molecule has 0 aliphatic carbocycles. The van der Waals surface area contributed by atoms with Crippen molar-refractivity contribution in [3.8, 4) is 11.5 Å². The molecule has 7 heteroatoms. The van der Waals surface area contributed by atoms with Gasteiger partial charge in [-0.25, -0.2) is 13.4 Å². The molecule has 0 bridgehead atoms. The van der Waals surface area contributed by atoms with E-state index >= 15 is 0 Å². The van der Waals surface area contributed by atoms with Crippen LogP contribution in [-0.4, -0.2) is 19.7 Å². The highest BCUT2D eigenvalue weighted by molar-refractivity contribution is 14.1. The number of hydrogen-bond acceptors (Lipinski definition) is 5. The molecule has 0 saturated carbocycles. The van der Waals surface area contributed by atoms with Crippen molar-refractivity contribution in [2.24, 2.45) is 0 Å². The molecule has 108 valence electrons. The molecule has 0 spiro atoms. The Morgan fingerprint density at radius 2 is 1.95 bits per heavy atom. The second-order valence-corrected chi connectivity index (χ2v) is 7.91. The summed E-state index contributed by atoms with van der Waals surface area (Å²) in [6.45, 7) is 0. The fourth-order valence-corrected chi connectivity index (χ4v) is 3.10. The molecule has 0 atom stereocenters. The summed E-state index contributed by atoms with van der Waals surface area (Å²) >= 11 is 2.18. The van der Waals surface area contributed by atoms with Crippen molar-refractivity contribution in [1.82, 2.24) is 4.98 Å². The fraction of sp³-hybridized carbons (Fsp3) is 0.0714. The van der Waals surface area contributed by atoms with E-state index in [0.717, 1.165) is 9.83 Å². The van der Waals surface area contributed by atoms with Crippen molar-refractivity contribution in [3.63, 3.8) is 0 Å². The first kappa shape index (κ1) is 14.3. The maximum absolute atomic E-state index is 11.6. The minimum atomic E-state index is -3.27. The Morgan fingerprint density at radius 1 is 1.19 bits per heavy atom. The van der Waals surface area contributed by atoms with E-state index in [1.54, 1.807) is 12.1 Å². The largest absolute Gasteiger partial charge is 0.436 e. The average molecular weight is 414 g/mol. The van der Waals surface area contributed by atoms with E-state index in [9.17, 15) is 8.42 Å². The lowest BCUT2D eigenvalue weighted by Gasteiger charge is -2.01. The molecule has 3 aromatic rings. The second kappa shape index (κ2) is 4.99. The third kappa shape index (κ3) is 2.75. The van der Waals surface area contributed by atoms with E-state index in [1.807, 2.05) is 12.1 Å². The van der Waals surface area contributed by atoms with Gasteiger partial charge in [0, 0.05) is 15.5 Å². The molecule has 0 amide bonds. The molecule has 21 heavy (non-hydrogen) atoms. The first-order valence-electron chi connectivity index (χ1n) is 6.00. The molecule has 2 aromatic carbocycles. The normalized spacial score (nSPS) is 11.9. The summed E-state index contributed by atoms with van der Waals surface area (Å²) in [6.07, 6.45) is 1.16. The van der Waals surface area contributed by atoms with E-state index in [-0.39, 0.29) is 4.90 Å². The number of aromatic nitrogens is 1. The van der Waals surface area contributed by atoms with Crippen molar-refractivity contribution in [1.29, 1.82) is 0 Å².